The normalized spacial score (nSPS) is 31.6. The summed E-state index contributed by atoms with van der Waals surface area (Å²) in [7, 11) is -1.63. The fourth-order valence-electron chi connectivity index (χ4n) is 7.33. The molecule has 4 fully saturated rings. The van der Waals surface area contributed by atoms with Gasteiger partial charge in [0.1, 0.15) is 13.8 Å². The van der Waals surface area contributed by atoms with Crippen molar-refractivity contribution in [3.63, 3.8) is 0 Å². The highest BCUT2D eigenvalue weighted by molar-refractivity contribution is 6.89. The highest BCUT2D eigenvalue weighted by Crippen LogP contribution is 2.58. The van der Waals surface area contributed by atoms with E-state index in [1.54, 1.807) is 0 Å². The summed E-state index contributed by atoms with van der Waals surface area (Å²) in [6.07, 6.45) is 8.43. The van der Waals surface area contributed by atoms with Crippen molar-refractivity contribution < 1.29 is 0 Å². The van der Waals surface area contributed by atoms with Gasteiger partial charge in [-0.2, -0.15) is 0 Å². The van der Waals surface area contributed by atoms with Crippen LogP contribution >= 0.6 is 0 Å². The van der Waals surface area contributed by atoms with Crippen LogP contribution in [0.4, 0.5) is 0 Å². The first-order valence-electron chi connectivity index (χ1n) is 11.2. The number of hydrogen-bond acceptors (Lipinski definition) is 2. The van der Waals surface area contributed by atoms with E-state index < -0.39 is 8.07 Å². The summed E-state index contributed by atoms with van der Waals surface area (Å²) in [6.45, 7) is 14.1. The molecule has 0 atom stereocenters. The minimum atomic E-state index is -1.63. The van der Waals surface area contributed by atoms with E-state index in [1.165, 1.54) is 71.8 Å². The van der Waals surface area contributed by atoms with E-state index in [-0.39, 0.29) is 5.54 Å². The van der Waals surface area contributed by atoms with E-state index in [1.807, 2.05) is 0 Å². The molecule has 1 aromatic carbocycles. The molecule has 2 aromatic rings. The summed E-state index contributed by atoms with van der Waals surface area (Å²) in [5, 5.41) is 11.4. The number of aryl methyl sites for hydroxylation is 3. The molecule has 1 aromatic heterocycles. The van der Waals surface area contributed by atoms with Gasteiger partial charge in [0, 0.05) is 10.9 Å². The maximum atomic E-state index is 4.96. The fourth-order valence-corrected chi connectivity index (χ4v) is 9.14. The molecule has 0 N–H and O–H groups in total. The molecule has 6 rings (SSSR count). The zero-order valence-corrected chi connectivity index (χ0v) is 19.5. The molecular formula is C24H35N3Si. The molecule has 4 bridgehead atoms. The van der Waals surface area contributed by atoms with Crippen LogP contribution in [-0.4, -0.2) is 23.1 Å². The smallest absolute Gasteiger partial charge is 0.112 e. The van der Waals surface area contributed by atoms with Gasteiger partial charge in [-0.1, -0.05) is 42.6 Å². The molecule has 0 unspecified atom stereocenters. The summed E-state index contributed by atoms with van der Waals surface area (Å²) in [6, 6.07) is 4.61. The quantitative estimate of drug-likeness (QED) is 0.659. The molecule has 0 amide bonds. The third-order valence-electron chi connectivity index (χ3n) is 7.75. The minimum Gasteiger partial charge on any atom is -0.247 e. The Labute approximate surface area is 170 Å². The van der Waals surface area contributed by atoms with E-state index >= 15 is 0 Å². The third kappa shape index (κ3) is 2.74. The van der Waals surface area contributed by atoms with Crippen molar-refractivity contribution in [2.24, 2.45) is 17.8 Å². The van der Waals surface area contributed by atoms with Crippen LogP contribution in [0.15, 0.2) is 12.1 Å². The first-order chi connectivity index (χ1) is 13.2. The Bertz CT molecular complexity index is 876. The maximum Gasteiger partial charge on any atom is 0.112 e. The van der Waals surface area contributed by atoms with Crippen LogP contribution in [0.25, 0.3) is 11.3 Å². The van der Waals surface area contributed by atoms with Gasteiger partial charge in [-0.3, -0.25) is 0 Å². The van der Waals surface area contributed by atoms with Gasteiger partial charge in [0.2, 0.25) is 0 Å². The van der Waals surface area contributed by atoms with Crippen molar-refractivity contribution in [1.82, 2.24) is 15.0 Å². The van der Waals surface area contributed by atoms with Crippen molar-refractivity contribution in [3.8, 4) is 11.3 Å². The number of hydrogen-bond donors (Lipinski definition) is 0. The van der Waals surface area contributed by atoms with Crippen LogP contribution < -0.4 is 5.32 Å². The molecule has 4 aliphatic carbocycles. The van der Waals surface area contributed by atoms with Crippen molar-refractivity contribution in [2.75, 3.05) is 0 Å². The lowest BCUT2D eigenvalue weighted by atomic mass is 9.53. The molecule has 0 radical (unpaired) electrons. The number of nitrogens with zero attached hydrogens (tertiary/aromatic N) is 3. The van der Waals surface area contributed by atoms with Crippen molar-refractivity contribution in [1.29, 1.82) is 0 Å². The third-order valence-corrected chi connectivity index (χ3v) is 9.62. The molecule has 4 saturated carbocycles. The lowest BCUT2D eigenvalue weighted by Gasteiger charge is -2.57. The highest BCUT2D eigenvalue weighted by Gasteiger charge is 2.54. The first-order valence-corrected chi connectivity index (χ1v) is 14.7. The zero-order chi connectivity index (χ0) is 19.8. The molecule has 0 spiro atoms. The van der Waals surface area contributed by atoms with Crippen LogP contribution in [0, 0.1) is 38.5 Å². The van der Waals surface area contributed by atoms with Gasteiger partial charge in [0.15, 0.2) is 0 Å². The van der Waals surface area contributed by atoms with Gasteiger partial charge in [0.05, 0.1) is 5.54 Å². The van der Waals surface area contributed by atoms with E-state index in [0.717, 1.165) is 17.8 Å². The summed E-state index contributed by atoms with van der Waals surface area (Å²) < 4.78 is 2.50. The molecule has 3 nitrogen and oxygen atoms in total. The van der Waals surface area contributed by atoms with Gasteiger partial charge < -0.3 is 0 Å². The van der Waals surface area contributed by atoms with E-state index in [4.69, 9.17) is 10.3 Å². The standard InChI is InChI=1S/C24H35N3Si/c1-15-7-16(2)21(17(3)8-15)22-23(28(4,5)6)27(26-25-22)24-12-18-9-19(13-24)11-20(10-18)14-24/h7-8,18-20H,9-14H2,1-6H3. The van der Waals surface area contributed by atoms with Gasteiger partial charge in [-0.05, 0) is 88.2 Å². The lowest BCUT2D eigenvalue weighted by molar-refractivity contribution is -0.0486. The predicted molar refractivity (Wildman–Crippen MR) is 119 cm³/mol. The monoisotopic (exact) mass is 393 g/mol. The Morgan fingerprint density at radius 3 is 1.86 bits per heavy atom. The van der Waals surface area contributed by atoms with Crippen LogP contribution in [0.3, 0.4) is 0 Å². The molecular weight excluding hydrogens is 358 g/mol. The predicted octanol–water partition coefficient (Wildman–Crippen LogP) is 5.34. The van der Waals surface area contributed by atoms with E-state index in [2.05, 4.69) is 57.2 Å². The van der Waals surface area contributed by atoms with Crippen molar-refractivity contribution in [2.45, 2.75) is 84.5 Å². The Morgan fingerprint density at radius 1 is 0.893 bits per heavy atom. The van der Waals surface area contributed by atoms with Crippen LogP contribution in [0.5, 0.6) is 0 Å². The van der Waals surface area contributed by atoms with Gasteiger partial charge in [-0.15, -0.1) is 5.10 Å². The van der Waals surface area contributed by atoms with Crippen LogP contribution in [0.2, 0.25) is 19.6 Å². The summed E-state index contributed by atoms with van der Waals surface area (Å²) >= 11 is 0. The lowest BCUT2D eigenvalue weighted by Crippen LogP contribution is -2.58. The molecule has 4 heteroatoms. The molecule has 0 aliphatic heterocycles. The Morgan fingerprint density at radius 2 is 1.39 bits per heavy atom. The molecule has 0 saturated heterocycles. The Kier molecular flexibility index (Phi) is 4.01. The number of aromatic nitrogens is 3. The average molecular weight is 394 g/mol. The Hall–Kier alpha value is -1.42. The van der Waals surface area contributed by atoms with Crippen LogP contribution in [-0.2, 0) is 5.54 Å². The van der Waals surface area contributed by atoms with Crippen LogP contribution in [0.1, 0.15) is 55.2 Å². The van der Waals surface area contributed by atoms with Crippen molar-refractivity contribution >= 4 is 13.4 Å². The van der Waals surface area contributed by atoms with E-state index in [0.29, 0.717) is 0 Å². The zero-order valence-electron chi connectivity index (χ0n) is 18.5. The van der Waals surface area contributed by atoms with Crippen molar-refractivity contribution in [3.05, 3.63) is 28.8 Å². The van der Waals surface area contributed by atoms with Gasteiger partial charge in [0.25, 0.3) is 0 Å². The second kappa shape index (κ2) is 6.04. The topological polar surface area (TPSA) is 30.7 Å². The number of benzene rings is 1. The fraction of sp³-hybridized carbons (Fsp3) is 0.667. The highest BCUT2D eigenvalue weighted by atomic mass is 28.3. The molecule has 1 heterocycles. The van der Waals surface area contributed by atoms with E-state index in [9.17, 15) is 0 Å². The maximum absolute atomic E-state index is 4.96. The molecule has 4 aliphatic rings. The summed E-state index contributed by atoms with van der Waals surface area (Å²) in [4.78, 5) is 0. The SMILES string of the molecule is Cc1cc(C)c(-c2nnn(C34CC5CC(CC(C5)C3)C4)c2[Si](C)(C)C)c(C)c1. The minimum absolute atomic E-state index is 0.252. The van der Waals surface area contributed by atoms with Gasteiger partial charge in [-0.25, -0.2) is 4.68 Å². The largest absolute Gasteiger partial charge is 0.247 e. The Balaban J connectivity index is 1.70. The average Bonchev–Trinajstić information content (AvgIpc) is 2.98. The number of rotatable bonds is 3. The first kappa shape index (κ1) is 18.6. The summed E-state index contributed by atoms with van der Waals surface area (Å²) in [5.74, 6) is 2.78. The second-order valence-corrected chi connectivity index (χ2v) is 16.3. The summed E-state index contributed by atoms with van der Waals surface area (Å²) in [5.41, 5.74) is 6.79. The second-order valence-electron chi connectivity index (χ2n) is 11.4. The van der Waals surface area contributed by atoms with Gasteiger partial charge >= 0.3 is 0 Å². The molecule has 150 valence electrons. The molecule has 28 heavy (non-hydrogen) atoms.